The quantitative estimate of drug-likeness (QED) is 0.355. The van der Waals surface area contributed by atoms with Gasteiger partial charge in [-0.3, -0.25) is 19.3 Å². The number of amides is 2. The fourth-order valence-corrected chi connectivity index (χ4v) is 4.58. The average molecular weight is 515 g/mol. The van der Waals surface area contributed by atoms with Gasteiger partial charge in [0.1, 0.15) is 4.32 Å². The second-order valence-electron chi connectivity index (χ2n) is 7.70. The van der Waals surface area contributed by atoms with Crippen LogP contribution in [0.2, 0.25) is 0 Å². The van der Waals surface area contributed by atoms with Crippen LogP contribution in [0.1, 0.15) is 30.0 Å². The highest BCUT2D eigenvalue weighted by molar-refractivity contribution is 8.26. The molecule has 0 atom stereocenters. The fourth-order valence-electron chi connectivity index (χ4n) is 3.27. The predicted octanol–water partition coefficient (Wildman–Crippen LogP) is 4.40. The Labute approximate surface area is 213 Å². The van der Waals surface area contributed by atoms with E-state index in [1.807, 2.05) is 39.0 Å². The number of thiocarbonyl (C=S) groups is 1. The van der Waals surface area contributed by atoms with Gasteiger partial charge in [0.15, 0.2) is 18.1 Å². The molecule has 0 spiro atoms. The van der Waals surface area contributed by atoms with Crippen LogP contribution in [-0.2, 0) is 14.4 Å². The molecule has 184 valence electrons. The number of aliphatic carboxylic acids is 1. The number of thioether (sulfide) groups is 1. The molecule has 0 saturated carbocycles. The van der Waals surface area contributed by atoms with Crippen LogP contribution in [0.3, 0.4) is 0 Å². The second-order valence-corrected chi connectivity index (χ2v) is 9.38. The monoisotopic (exact) mass is 514 g/mol. The first kappa shape index (κ1) is 26.2. The van der Waals surface area contributed by atoms with Crippen LogP contribution in [0.5, 0.6) is 11.5 Å². The average Bonchev–Trinajstić information content (AvgIpc) is 3.07. The molecule has 1 aliphatic rings. The Morgan fingerprint density at radius 1 is 1.17 bits per heavy atom. The molecule has 1 fully saturated rings. The normalized spacial score (nSPS) is 14.4. The van der Waals surface area contributed by atoms with Crippen LogP contribution in [0, 0.1) is 13.8 Å². The van der Waals surface area contributed by atoms with Gasteiger partial charge in [-0.25, -0.2) is 0 Å². The molecule has 2 aromatic rings. The minimum Gasteiger partial charge on any atom is -0.490 e. The van der Waals surface area contributed by atoms with Gasteiger partial charge >= 0.3 is 5.97 Å². The Kier molecular flexibility index (Phi) is 8.89. The lowest BCUT2D eigenvalue weighted by atomic mass is 10.1. The van der Waals surface area contributed by atoms with E-state index in [9.17, 15) is 14.4 Å². The minimum atomic E-state index is -0.998. The summed E-state index contributed by atoms with van der Waals surface area (Å²) >= 11 is 6.34. The number of nitrogens with one attached hydrogen (secondary N) is 1. The molecule has 3 rings (SSSR count). The highest BCUT2D eigenvalue weighted by atomic mass is 32.2. The van der Waals surface area contributed by atoms with Crippen molar-refractivity contribution in [2.45, 2.75) is 27.2 Å². The first-order valence-electron chi connectivity index (χ1n) is 10.9. The van der Waals surface area contributed by atoms with Crippen LogP contribution in [0.25, 0.3) is 6.08 Å². The van der Waals surface area contributed by atoms with E-state index in [0.717, 1.165) is 28.6 Å². The van der Waals surface area contributed by atoms with Gasteiger partial charge in [-0.05, 0) is 61.7 Å². The maximum absolute atomic E-state index is 12.6. The van der Waals surface area contributed by atoms with Crippen molar-refractivity contribution in [1.82, 2.24) is 4.90 Å². The van der Waals surface area contributed by atoms with E-state index in [4.69, 9.17) is 26.8 Å². The molecular weight excluding hydrogens is 488 g/mol. The second kappa shape index (κ2) is 11.9. The third kappa shape index (κ3) is 6.83. The molecule has 0 aliphatic carbocycles. The van der Waals surface area contributed by atoms with Gasteiger partial charge in [0.05, 0.1) is 17.9 Å². The molecule has 2 N–H and O–H groups in total. The van der Waals surface area contributed by atoms with E-state index in [0.29, 0.717) is 32.9 Å². The predicted molar refractivity (Wildman–Crippen MR) is 140 cm³/mol. The van der Waals surface area contributed by atoms with Gasteiger partial charge in [-0.1, -0.05) is 42.2 Å². The van der Waals surface area contributed by atoms with Crippen molar-refractivity contribution < 1.29 is 29.0 Å². The maximum Gasteiger partial charge on any atom is 0.305 e. The highest BCUT2D eigenvalue weighted by Crippen LogP contribution is 2.35. The van der Waals surface area contributed by atoms with Crippen LogP contribution >= 0.6 is 24.0 Å². The van der Waals surface area contributed by atoms with Crippen molar-refractivity contribution in [1.29, 1.82) is 0 Å². The molecule has 1 saturated heterocycles. The largest absolute Gasteiger partial charge is 0.490 e. The first-order valence-corrected chi connectivity index (χ1v) is 12.1. The Morgan fingerprint density at radius 3 is 2.66 bits per heavy atom. The summed E-state index contributed by atoms with van der Waals surface area (Å²) in [5.41, 5.74) is 3.49. The Morgan fingerprint density at radius 2 is 1.94 bits per heavy atom. The fraction of sp³-hybridized carbons (Fsp3) is 0.280. The van der Waals surface area contributed by atoms with Gasteiger partial charge in [0, 0.05) is 12.2 Å². The number of carbonyl (C=O) groups excluding carboxylic acids is 2. The zero-order valence-electron chi connectivity index (χ0n) is 19.6. The van der Waals surface area contributed by atoms with E-state index in [1.165, 1.54) is 4.90 Å². The number of anilines is 1. The molecule has 2 amide bonds. The lowest BCUT2D eigenvalue weighted by Gasteiger charge is -2.14. The topological polar surface area (TPSA) is 105 Å². The molecule has 0 bridgehead atoms. The molecule has 2 aromatic carbocycles. The smallest absolute Gasteiger partial charge is 0.305 e. The number of rotatable bonds is 10. The van der Waals surface area contributed by atoms with E-state index < -0.39 is 5.97 Å². The lowest BCUT2D eigenvalue weighted by Crippen LogP contribution is -2.30. The summed E-state index contributed by atoms with van der Waals surface area (Å²) < 4.78 is 11.7. The van der Waals surface area contributed by atoms with E-state index in [-0.39, 0.29) is 31.4 Å². The van der Waals surface area contributed by atoms with Crippen molar-refractivity contribution in [3.8, 4) is 11.5 Å². The molecule has 0 radical (unpaired) electrons. The number of carboxylic acid groups (broad SMARTS) is 1. The maximum atomic E-state index is 12.6. The van der Waals surface area contributed by atoms with Crippen LogP contribution < -0.4 is 14.8 Å². The lowest BCUT2D eigenvalue weighted by molar-refractivity contribution is -0.137. The van der Waals surface area contributed by atoms with Crippen LogP contribution in [0.15, 0.2) is 41.3 Å². The third-order valence-electron chi connectivity index (χ3n) is 5.23. The molecule has 35 heavy (non-hydrogen) atoms. The van der Waals surface area contributed by atoms with Gasteiger partial charge in [-0.2, -0.15) is 0 Å². The third-order valence-corrected chi connectivity index (χ3v) is 6.60. The standard InChI is InChI=1S/C25H26N2O6S2/c1-4-32-20-12-17(13-21-24(31)27(25(34)35-21)11-10-23(29)30)8-9-19(20)33-14-22(28)26-18-7-5-6-15(2)16(18)3/h5-9,12-13H,4,10-11,14H2,1-3H3,(H,26,28)(H,29,30)/b21-13-. The van der Waals surface area contributed by atoms with Gasteiger partial charge in [0.2, 0.25) is 0 Å². The van der Waals surface area contributed by atoms with Gasteiger partial charge in [0.25, 0.3) is 11.8 Å². The van der Waals surface area contributed by atoms with Crippen molar-refractivity contribution >= 4 is 57.8 Å². The van der Waals surface area contributed by atoms with E-state index in [1.54, 1.807) is 24.3 Å². The molecule has 10 heteroatoms. The van der Waals surface area contributed by atoms with Gasteiger partial charge in [-0.15, -0.1) is 0 Å². The molecule has 8 nitrogen and oxygen atoms in total. The Bertz CT molecular complexity index is 1190. The van der Waals surface area contributed by atoms with Gasteiger partial charge < -0.3 is 19.9 Å². The van der Waals surface area contributed by atoms with E-state index in [2.05, 4.69) is 5.32 Å². The minimum absolute atomic E-state index is 0.0262. The van der Waals surface area contributed by atoms with Crippen molar-refractivity contribution in [3.05, 3.63) is 58.0 Å². The number of carboxylic acids is 1. The summed E-state index contributed by atoms with van der Waals surface area (Å²) in [7, 11) is 0. The van der Waals surface area contributed by atoms with Crippen LogP contribution in [0.4, 0.5) is 5.69 Å². The number of carbonyl (C=O) groups is 3. The number of hydrogen-bond donors (Lipinski definition) is 2. The Hall–Kier alpha value is -3.37. The number of benzene rings is 2. The molecule has 1 heterocycles. The van der Waals surface area contributed by atoms with Crippen LogP contribution in [-0.4, -0.2) is 51.9 Å². The molecule has 1 aliphatic heterocycles. The number of aryl methyl sites for hydroxylation is 1. The Balaban J connectivity index is 1.70. The summed E-state index contributed by atoms with van der Waals surface area (Å²) in [6, 6.07) is 10.8. The molecule has 0 unspecified atom stereocenters. The number of nitrogens with zero attached hydrogens (tertiary/aromatic N) is 1. The van der Waals surface area contributed by atoms with Crippen molar-refractivity contribution in [2.75, 3.05) is 25.1 Å². The highest BCUT2D eigenvalue weighted by Gasteiger charge is 2.32. The molecule has 0 aromatic heterocycles. The molecular formula is C25H26N2O6S2. The summed E-state index contributed by atoms with van der Waals surface area (Å²) in [4.78, 5) is 37.6. The SMILES string of the molecule is CCOc1cc(/C=C2\SC(=S)N(CCC(=O)O)C2=O)ccc1OCC(=O)Nc1cccc(C)c1C. The summed E-state index contributed by atoms with van der Waals surface area (Å²) in [6.07, 6.45) is 1.48. The summed E-state index contributed by atoms with van der Waals surface area (Å²) in [6.45, 7) is 5.96. The zero-order valence-corrected chi connectivity index (χ0v) is 21.3. The number of ether oxygens (including phenoxy) is 2. The zero-order chi connectivity index (χ0) is 25.5. The number of hydrogen-bond acceptors (Lipinski definition) is 7. The summed E-state index contributed by atoms with van der Waals surface area (Å²) in [5.74, 6) is -0.795. The summed E-state index contributed by atoms with van der Waals surface area (Å²) in [5, 5.41) is 11.7. The van der Waals surface area contributed by atoms with Crippen molar-refractivity contribution in [2.24, 2.45) is 0 Å². The first-order chi connectivity index (χ1) is 16.7. The van der Waals surface area contributed by atoms with E-state index >= 15 is 0 Å². The van der Waals surface area contributed by atoms with Crippen molar-refractivity contribution in [3.63, 3.8) is 0 Å².